The van der Waals surface area contributed by atoms with E-state index in [4.69, 9.17) is 18.9 Å². The molecule has 0 fully saturated rings. The van der Waals surface area contributed by atoms with Crippen LogP contribution in [0.3, 0.4) is 0 Å². The Labute approximate surface area is 307 Å². The summed E-state index contributed by atoms with van der Waals surface area (Å²) in [5.74, 6) is 3.78. The summed E-state index contributed by atoms with van der Waals surface area (Å²) in [5.41, 5.74) is 4.31. The molecule has 0 spiro atoms. The summed E-state index contributed by atoms with van der Waals surface area (Å²) < 4.78 is 22.3. The van der Waals surface area contributed by atoms with Crippen molar-refractivity contribution in [1.29, 1.82) is 0 Å². The number of hydrogen-bond donors (Lipinski definition) is 0. The van der Waals surface area contributed by atoms with Crippen LogP contribution in [0.25, 0.3) is 0 Å². The molecule has 0 saturated heterocycles. The first-order valence-corrected chi connectivity index (χ1v) is 17.9. The fourth-order valence-electron chi connectivity index (χ4n) is 4.55. The number of Topliss-reactive ketones (excluding diaryl/α,β-unsaturated/α-hetero) is 2. The van der Waals surface area contributed by atoms with Crippen molar-refractivity contribution in [1.82, 2.24) is 0 Å². The molecule has 0 aliphatic rings. The van der Waals surface area contributed by atoms with Gasteiger partial charge in [-0.15, -0.1) is 24.9 Å². The quantitative estimate of drug-likeness (QED) is 0.0662. The second kappa shape index (κ2) is 26.6. The molecule has 2 rings (SSSR count). The molecule has 0 saturated carbocycles. The number of methoxy groups -OCH3 is 2. The van der Waals surface area contributed by atoms with E-state index in [2.05, 4.69) is 57.4 Å². The third-order valence-electron chi connectivity index (χ3n) is 7.28. The number of hydrogen-bond acceptors (Lipinski definition) is 7. The molecule has 50 heavy (non-hydrogen) atoms. The van der Waals surface area contributed by atoms with Gasteiger partial charge in [0.2, 0.25) is 0 Å². The number of rotatable bonds is 18. The number of benzene rings is 2. The molecular formula is C43H60O6S. The maximum Gasteiger partial charge on any atom is 0.161 e. The smallest absolute Gasteiger partial charge is 0.161 e. The van der Waals surface area contributed by atoms with E-state index in [1.807, 2.05) is 65.0 Å². The van der Waals surface area contributed by atoms with Gasteiger partial charge in [-0.05, 0) is 103 Å². The average Bonchev–Trinajstić information content (AvgIpc) is 3.09. The van der Waals surface area contributed by atoms with Gasteiger partial charge >= 0.3 is 0 Å². The van der Waals surface area contributed by atoms with Crippen LogP contribution in [0, 0.1) is 19.8 Å². The molecule has 0 bridgehead atoms. The minimum absolute atomic E-state index is 0.0132. The SMILES string of the molecule is C=CC(C)CC(/C=C/C)=C\C.C=CCSC(=C\C)/C=C/C.COc1cc(C(C)=O)c(C)cc1OCCCOc1cc(C)c(C(C)=O)cc1OC. The third kappa shape index (κ3) is 17.4. The minimum Gasteiger partial charge on any atom is -0.493 e. The van der Waals surface area contributed by atoms with E-state index in [-0.39, 0.29) is 11.6 Å². The molecule has 0 aliphatic carbocycles. The van der Waals surface area contributed by atoms with Crippen LogP contribution in [-0.4, -0.2) is 44.8 Å². The molecule has 0 aliphatic heterocycles. The molecule has 2 aromatic rings. The Hall–Kier alpha value is -4.23. The van der Waals surface area contributed by atoms with E-state index in [0.717, 1.165) is 23.3 Å². The summed E-state index contributed by atoms with van der Waals surface area (Å²) in [6, 6.07) is 7.02. The van der Waals surface area contributed by atoms with Gasteiger partial charge in [0.15, 0.2) is 34.6 Å². The molecular weight excluding hydrogens is 645 g/mol. The molecule has 1 unspecified atom stereocenters. The maximum atomic E-state index is 11.7. The summed E-state index contributed by atoms with van der Waals surface area (Å²) in [4.78, 5) is 24.7. The van der Waals surface area contributed by atoms with Gasteiger partial charge < -0.3 is 18.9 Å². The lowest BCUT2D eigenvalue weighted by molar-refractivity contribution is 0.100. The monoisotopic (exact) mass is 704 g/mol. The Morgan fingerprint density at radius 3 is 1.58 bits per heavy atom. The van der Waals surface area contributed by atoms with Crippen molar-refractivity contribution < 1.29 is 28.5 Å². The van der Waals surface area contributed by atoms with Crippen molar-refractivity contribution in [2.45, 2.75) is 75.2 Å². The zero-order valence-electron chi connectivity index (χ0n) is 32.3. The lowest BCUT2D eigenvalue weighted by Crippen LogP contribution is -2.08. The van der Waals surface area contributed by atoms with Gasteiger partial charge in [-0.25, -0.2) is 0 Å². The average molecular weight is 705 g/mol. The van der Waals surface area contributed by atoms with Gasteiger partial charge in [-0.1, -0.05) is 61.1 Å². The van der Waals surface area contributed by atoms with E-state index in [1.54, 1.807) is 38.1 Å². The fraction of sp³-hybridized carbons (Fsp3) is 0.395. The van der Waals surface area contributed by atoms with Crippen LogP contribution in [0.1, 0.15) is 93.2 Å². The van der Waals surface area contributed by atoms with Crippen LogP contribution >= 0.6 is 11.8 Å². The number of allylic oxidation sites excluding steroid dienone is 8. The van der Waals surface area contributed by atoms with Crippen LogP contribution in [0.5, 0.6) is 23.0 Å². The number of aryl methyl sites for hydroxylation is 2. The van der Waals surface area contributed by atoms with E-state index in [0.29, 0.717) is 59.7 Å². The summed E-state index contributed by atoms with van der Waals surface area (Å²) in [7, 11) is 3.09. The summed E-state index contributed by atoms with van der Waals surface area (Å²) in [6.07, 6.45) is 18.3. The zero-order chi connectivity index (χ0) is 38.1. The fourth-order valence-corrected chi connectivity index (χ4v) is 5.26. The van der Waals surface area contributed by atoms with Gasteiger partial charge in [0.05, 0.1) is 27.4 Å². The number of thioether (sulfide) groups is 1. The van der Waals surface area contributed by atoms with Crippen molar-refractivity contribution >= 4 is 23.3 Å². The number of carbonyl (C=O) groups is 2. The predicted octanol–water partition coefficient (Wildman–Crippen LogP) is 11.7. The Kier molecular flexibility index (Phi) is 24.4. The zero-order valence-corrected chi connectivity index (χ0v) is 33.1. The highest BCUT2D eigenvalue weighted by Crippen LogP contribution is 2.32. The van der Waals surface area contributed by atoms with Crippen LogP contribution in [0.15, 0.2) is 96.5 Å². The van der Waals surface area contributed by atoms with E-state index < -0.39 is 0 Å². The Bertz CT molecular complexity index is 1420. The van der Waals surface area contributed by atoms with Gasteiger partial charge in [0.25, 0.3) is 0 Å². The molecule has 0 radical (unpaired) electrons. The van der Waals surface area contributed by atoms with Crippen molar-refractivity contribution in [2.75, 3.05) is 33.2 Å². The van der Waals surface area contributed by atoms with E-state index in [9.17, 15) is 9.59 Å². The number of ketones is 2. The number of carbonyl (C=O) groups excluding carboxylic acids is 2. The maximum absolute atomic E-state index is 11.7. The van der Waals surface area contributed by atoms with Crippen LogP contribution in [0.4, 0.5) is 0 Å². The first kappa shape index (κ1) is 45.8. The van der Waals surface area contributed by atoms with Gasteiger partial charge in [-0.2, -0.15) is 0 Å². The summed E-state index contributed by atoms with van der Waals surface area (Å²) in [6.45, 7) is 25.4. The second-order valence-corrected chi connectivity index (χ2v) is 12.5. The Morgan fingerprint density at radius 2 is 1.24 bits per heavy atom. The Morgan fingerprint density at radius 1 is 0.760 bits per heavy atom. The van der Waals surface area contributed by atoms with E-state index in [1.165, 1.54) is 24.3 Å². The molecule has 7 heteroatoms. The largest absolute Gasteiger partial charge is 0.493 e. The van der Waals surface area contributed by atoms with Crippen molar-refractivity contribution in [2.24, 2.45) is 5.92 Å². The third-order valence-corrected chi connectivity index (χ3v) is 8.39. The highest BCUT2D eigenvalue weighted by molar-refractivity contribution is 8.03. The van der Waals surface area contributed by atoms with Gasteiger partial charge in [-0.3, -0.25) is 9.59 Å². The van der Waals surface area contributed by atoms with Crippen LogP contribution in [-0.2, 0) is 0 Å². The molecule has 1 atom stereocenters. The van der Waals surface area contributed by atoms with Crippen molar-refractivity contribution in [3.63, 3.8) is 0 Å². The second-order valence-electron chi connectivity index (χ2n) is 11.4. The molecule has 0 amide bonds. The number of ether oxygens (including phenoxy) is 4. The molecule has 0 aromatic heterocycles. The molecule has 0 heterocycles. The van der Waals surface area contributed by atoms with Crippen molar-refractivity contribution in [3.05, 3.63) is 119 Å². The molecule has 274 valence electrons. The highest BCUT2D eigenvalue weighted by Gasteiger charge is 2.14. The molecule has 6 nitrogen and oxygen atoms in total. The summed E-state index contributed by atoms with van der Waals surface area (Å²) in [5, 5.41) is 0. The first-order valence-electron chi connectivity index (χ1n) is 16.9. The molecule has 2 aromatic carbocycles. The topological polar surface area (TPSA) is 71.1 Å². The highest BCUT2D eigenvalue weighted by atomic mass is 32.2. The van der Waals surface area contributed by atoms with Crippen LogP contribution in [0.2, 0.25) is 0 Å². The van der Waals surface area contributed by atoms with Gasteiger partial charge in [0, 0.05) is 28.2 Å². The lowest BCUT2D eigenvalue weighted by atomic mass is 10.0. The van der Waals surface area contributed by atoms with E-state index >= 15 is 0 Å². The van der Waals surface area contributed by atoms with Crippen molar-refractivity contribution in [3.8, 4) is 23.0 Å². The minimum atomic E-state index is -0.0132. The van der Waals surface area contributed by atoms with Crippen LogP contribution < -0.4 is 18.9 Å². The normalized spacial score (nSPS) is 11.9. The Balaban J connectivity index is 0.000000936. The predicted molar refractivity (Wildman–Crippen MR) is 215 cm³/mol. The molecule has 0 N–H and O–H groups in total. The first-order chi connectivity index (χ1) is 23.9. The van der Waals surface area contributed by atoms with Gasteiger partial charge in [0.1, 0.15) is 0 Å². The standard InChI is InChI=1S/C23H28O6.C11H18.C9H14S/c1-14-10-22(20(26-5)12-18(14)16(3)24)28-8-7-9-29-23-11-15(2)19(17(4)25)13-21(23)27-6;1-5-8-11(7-3)9-10(4)6-2;1-4-7-9(6-3)10-8-5-2/h10-13H,7-9H2,1-6H3;5-8,10H,2,9H2,1,3-4H3;4-7H,2,8H2,1,3H3/b;8-5+,11-7-;7-4+,9-6-. The summed E-state index contributed by atoms with van der Waals surface area (Å²) >= 11 is 1.80. The lowest BCUT2D eigenvalue weighted by Gasteiger charge is -2.15.